The van der Waals surface area contributed by atoms with Crippen LogP contribution in [-0.4, -0.2) is 46.9 Å². The Kier molecular flexibility index (Phi) is 50.4. The number of allylic oxidation sites excluding steroid dienone is 2. The monoisotopic (exact) mass is 890 g/mol. The van der Waals surface area contributed by atoms with E-state index in [1.54, 1.807) is 0 Å². The minimum absolute atomic E-state index is 0.0792. The van der Waals surface area contributed by atoms with E-state index in [9.17, 15) is 19.8 Å². The highest BCUT2D eigenvalue weighted by molar-refractivity contribution is 5.77. The Hall–Kier alpha value is -1.40. The molecule has 3 N–H and O–H groups in total. The zero-order valence-electron chi connectivity index (χ0n) is 42.7. The summed E-state index contributed by atoms with van der Waals surface area (Å²) in [5, 5.41) is 23.8. The molecule has 0 aliphatic heterocycles. The maximum atomic E-state index is 13.2. The lowest BCUT2D eigenvalue weighted by atomic mass is 10.0. The lowest BCUT2D eigenvalue weighted by molar-refractivity contribution is -0.151. The number of nitrogens with one attached hydrogen (secondary N) is 1. The van der Waals surface area contributed by atoms with Crippen molar-refractivity contribution in [1.82, 2.24) is 5.32 Å². The second kappa shape index (κ2) is 51.6. The largest absolute Gasteiger partial charge is 0.462 e. The van der Waals surface area contributed by atoms with Gasteiger partial charge in [0.25, 0.3) is 0 Å². The van der Waals surface area contributed by atoms with Gasteiger partial charge in [0.1, 0.15) is 6.10 Å². The second-order valence-corrected chi connectivity index (χ2v) is 19.7. The summed E-state index contributed by atoms with van der Waals surface area (Å²) < 4.78 is 5.96. The molecule has 0 saturated carbocycles. The van der Waals surface area contributed by atoms with Crippen LogP contribution in [0.25, 0.3) is 0 Å². The normalized spacial score (nSPS) is 13.2. The summed E-state index contributed by atoms with van der Waals surface area (Å²) in [6.45, 7) is 6.51. The molecule has 0 radical (unpaired) electrons. The molecule has 0 bridgehead atoms. The van der Waals surface area contributed by atoms with E-state index in [4.69, 9.17) is 4.74 Å². The van der Waals surface area contributed by atoms with Crippen molar-refractivity contribution in [2.24, 2.45) is 0 Å². The van der Waals surface area contributed by atoms with E-state index in [0.717, 1.165) is 57.8 Å². The molecule has 63 heavy (non-hydrogen) atoms. The van der Waals surface area contributed by atoms with Crippen molar-refractivity contribution in [2.45, 2.75) is 334 Å². The van der Waals surface area contributed by atoms with Gasteiger partial charge >= 0.3 is 5.97 Å². The van der Waals surface area contributed by atoms with Crippen molar-refractivity contribution in [1.29, 1.82) is 0 Å². The Morgan fingerprint density at radius 1 is 0.444 bits per heavy atom. The van der Waals surface area contributed by atoms with Gasteiger partial charge in [-0.2, -0.15) is 0 Å². The van der Waals surface area contributed by atoms with E-state index in [2.05, 4.69) is 38.2 Å². The highest BCUT2D eigenvalue weighted by atomic mass is 16.5. The fourth-order valence-electron chi connectivity index (χ4n) is 9.02. The number of unbranched alkanes of at least 4 members (excludes halogenated alkanes) is 38. The highest BCUT2D eigenvalue weighted by Gasteiger charge is 2.24. The molecule has 0 aromatic carbocycles. The Balaban J connectivity index is 4.48. The first-order chi connectivity index (χ1) is 31.0. The second-order valence-electron chi connectivity index (χ2n) is 19.7. The molecule has 374 valence electrons. The highest BCUT2D eigenvalue weighted by Crippen LogP contribution is 2.19. The van der Waals surface area contributed by atoms with Crippen molar-refractivity contribution in [3.05, 3.63) is 12.2 Å². The predicted octanol–water partition coefficient (Wildman–Crippen LogP) is 17.3. The lowest BCUT2D eigenvalue weighted by Gasteiger charge is -2.24. The lowest BCUT2D eigenvalue weighted by Crippen LogP contribution is -2.46. The van der Waals surface area contributed by atoms with Crippen LogP contribution in [0.5, 0.6) is 0 Å². The minimum atomic E-state index is -0.784. The SMILES string of the molecule is CCCCCC/C=C\CCCCCCCC(CC(=O)NC(CO)C(O)CCCCCCCCCCCCCCC)OC(=O)CCCCCCCCCCCCCCCCCCCC. The van der Waals surface area contributed by atoms with E-state index in [-0.39, 0.29) is 24.9 Å². The van der Waals surface area contributed by atoms with Crippen LogP contribution in [0.1, 0.15) is 316 Å². The molecule has 0 spiro atoms. The number of carbonyl (C=O) groups is 2. The van der Waals surface area contributed by atoms with Crippen molar-refractivity contribution < 1.29 is 24.5 Å². The van der Waals surface area contributed by atoms with E-state index in [1.807, 2.05) is 0 Å². The third kappa shape index (κ3) is 46.9. The van der Waals surface area contributed by atoms with E-state index in [0.29, 0.717) is 19.3 Å². The molecular weight excluding hydrogens is 779 g/mol. The number of hydrogen-bond acceptors (Lipinski definition) is 5. The number of aliphatic hydroxyl groups is 2. The van der Waals surface area contributed by atoms with E-state index >= 15 is 0 Å². The first-order valence-corrected chi connectivity index (χ1v) is 28.4. The first-order valence-electron chi connectivity index (χ1n) is 28.4. The quantitative estimate of drug-likeness (QED) is 0.0321. The topological polar surface area (TPSA) is 95.9 Å². The Bertz CT molecular complexity index is 955. The van der Waals surface area contributed by atoms with E-state index in [1.165, 1.54) is 212 Å². The number of rotatable bonds is 52. The predicted molar refractivity (Wildman–Crippen MR) is 273 cm³/mol. The Morgan fingerprint density at radius 3 is 1.14 bits per heavy atom. The molecule has 6 nitrogen and oxygen atoms in total. The number of carbonyl (C=O) groups excluding carboxylic acids is 2. The molecule has 1 amide bonds. The van der Waals surface area contributed by atoms with Gasteiger partial charge in [-0.3, -0.25) is 9.59 Å². The first kappa shape index (κ1) is 61.6. The van der Waals surface area contributed by atoms with Crippen LogP contribution in [0, 0.1) is 0 Å². The molecule has 3 unspecified atom stereocenters. The smallest absolute Gasteiger partial charge is 0.306 e. The van der Waals surface area contributed by atoms with Crippen LogP contribution in [0.2, 0.25) is 0 Å². The molecule has 0 saturated heterocycles. The van der Waals surface area contributed by atoms with Crippen LogP contribution in [0.15, 0.2) is 12.2 Å². The van der Waals surface area contributed by atoms with Crippen LogP contribution in [-0.2, 0) is 14.3 Å². The molecule has 0 rings (SSSR count). The fraction of sp³-hybridized carbons (Fsp3) is 0.930. The van der Waals surface area contributed by atoms with Gasteiger partial charge in [0, 0.05) is 6.42 Å². The summed E-state index contributed by atoms with van der Waals surface area (Å²) in [4.78, 5) is 26.2. The zero-order valence-corrected chi connectivity index (χ0v) is 42.7. The number of hydrogen-bond donors (Lipinski definition) is 3. The van der Waals surface area contributed by atoms with Gasteiger partial charge in [0.2, 0.25) is 5.91 Å². The van der Waals surface area contributed by atoms with Crippen molar-refractivity contribution in [2.75, 3.05) is 6.61 Å². The molecule has 0 aromatic rings. The van der Waals surface area contributed by atoms with Gasteiger partial charge in [0.05, 0.1) is 25.2 Å². The summed E-state index contributed by atoms with van der Waals surface area (Å²) in [5.41, 5.74) is 0. The van der Waals surface area contributed by atoms with Gasteiger partial charge < -0.3 is 20.3 Å². The molecule has 0 aromatic heterocycles. The van der Waals surface area contributed by atoms with E-state index < -0.39 is 18.2 Å². The third-order valence-electron chi connectivity index (χ3n) is 13.3. The summed E-state index contributed by atoms with van der Waals surface area (Å²) in [6, 6.07) is -0.698. The minimum Gasteiger partial charge on any atom is -0.462 e. The maximum absolute atomic E-state index is 13.2. The van der Waals surface area contributed by atoms with Crippen molar-refractivity contribution >= 4 is 11.9 Å². The number of ether oxygens (including phenoxy) is 1. The summed E-state index contributed by atoms with van der Waals surface area (Å²) in [6.07, 6.45) is 58.5. The van der Waals surface area contributed by atoms with Crippen LogP contribution in [0.4, 0.5) is 0 Å². The Labute approximate surface area is 393 Å². The summed E-state index contributed by atoms with van der Waals surface area (Å²) >= 11 is 0. The van der Waals surface area contributed by atoms with Crippen molar-refractivity contribution in [3.8, 4) is 0 Å². The fourth-order valence-corrected chi connectivity index (χ4v) is 9.02. The molecule has 0 aliphatic rings. The third-order valence-corrected chi connectivity index (χ3v) is 13.3. The molecule has 0 aliphatic carbocycles. The Morgan fingerprint density at radius 2 is 0.762 bits per heavy atom. The van der Waals surface area contributed by atoms with Gasteiger partial charge in [-0.25, -0.2) is 0 Å². The average Bonchev–Trinajstić information content (AvgIpc) is 3.28. The average molecular weight is 891 g/mol. The summed E-state index contributed by atoms with van der Waals surface area (Å²) in [7, 11) is 0. The number of aliphatic hydroxyl groups excluding tert-OH is 2. The van der Waals surface area contributed by atoms with Gasteiger partial charge in [0.15, 0.2) is 0 Å². The standard InChI is InChI=1S/C57H111NO5/c1-4-7-10-13-16-19-22-25-26-27-28-29-32-35-38-41-44-47-50-57(62)63-53(48-45-42-39-36-33-30-23-20-17-14-11-8-5-2)51-56(61)58-54(52-59)55(60)49-46-43-40-37-34-31-24-21-18-15-12-9-6-3/h20,23,53-55,59-60H,4-19,21-22,24-52H2,1-3H3,(H,58,61)/b23-20-. The molecule has 0 fully saturated rings. The van der Waals surface area contributed by atoms with Gasteiger partial charge in [-0.15, -0.1) is 0 Å². The molecule has 6 heteroatoms. The zero-order chi connectivity index (χ0) is 45.9. The van der Waals surface area contributed by atoms with Crippen molar-refractivity contribution in [3.63, 3.8) is 0 Å². The summed E-state index contributed by atoms with van der Waals surface area (Å²) in [5.74, 6) is -0.460. The molecule has 0 heterocycles. The van der Waals surface area contributed by atoms with Gasteiger partial charge in [-0.05, 0) is 51.4 Å². The molecular formula is C57H111NO5. The maximum Gasteiger partial charge on any atom is 0.306 e. The molecule has 3 atom stereocenters. The van der Waals surface area contributed by atoms with Gasteiger partial charge in [-0.1, -0.05) is 264 Å². The number of esters is 1. The van der Waals surface area contributed by atoms with Crippen LogP contribution < -0.4 is 5.32 Å². The van der Waals surface area contributed by atoms with Crippen LogP contribution in [0.3, 0.4) is 0 Å². The number of amides is 1. The van der Waals surface area contributed by atoms with Crippen LogP contribution >= 0.6 is 0 Å².